The summed E-state index contributed by atoms with van der Waals surface area (Å²) in [7, 11) is 1.45. The molecule has 0 aliphatic carbocycles. The fourth-order valence-electron chi connectivity index (χ4n) is 3.09. The van der Waals surface area contributed by atoms with Gasteiger partial charge in [0.15, 0.2) is 5.96 Å². The van der Waals surface area contributed by atoms with Crippen LogP contribution in [0.2, 0.25) is 0 Å². The van der Waals surface area contributed by atoms with E-state index >= 15 is 0 Å². The molecule has 1 N–H and O–H groups in total. The van der Waals surface area contributed by atoms with Gasteiger partial charge in [0.25, 0.3) is 0 Å². The van der Waals surface area contributed by atoms with Gasteiger partial charge in [0.2, 0.25) is 0 Å². The minimum atomic E-state index is -0.143. The third-order valence-electron chi connectivity index (χ3n) is 4.37. The van der Waals surface area contributed by atoms with E-state index in [-0.39, 0.29) is 17.8 Å². The van der Waals surface area contributed by atoms with Gasteiger partial charge in [0.1, 0.15) is 5.75 Å². The second-order valence-electron chi connectivity index (χ2n) is 6.26. The number of hydrogen-bond donors (Lipinski definition) is 1. The van der Waals surface area contributed by atoms with Gasteiger partial charge in [-0.1, -0.05) is 19.1 Å². The highest BCUT2D eigenvalue weighted by Gasteiger charge is 2.36. The molecule has 0 spiro atoms. The third-order valence-corrected chi connectivity index (χ3v) is 4.37. The smallest absolute Gasteiger partial charge is 0.310 e. The van der Waals surface area contributed by atoms with E-state index in [9.17, 15) is 4.79 Å². The van der Waals surface area contributed by atoms with Crippen molar-refractivity contribution in [2.75, 3.05) is 33.4 Å². The first-order valence-corrected chi connectivity index (χ1v) is 8.91. The summed E-state index contributed by atoms with van der Waals surface area (Å²) in [5, 5.41) is 3.33. The first kappa shape index (κ1) is 19.1. The van der Waals surface area contributed by atoms with Gasteiger partial charge in [-0.05, 0) is 37.5 Å². The highest BCUT2D eigenvalue weighted by atomic mass is 16.5. The lowest BCUT2D eigenvalue weighted by molar-refractivity contribution is -0.145. The molecule has 2 rings (SSSR count). The van der Waals surface area contributed by atoms with Crippen LogP contribution in [0.1, 0.15) is 26.3 Å². The Hall–Kier alpha value is -2.24. The van der Waals surface area contributed by atoms with Crippen LogP contribution in [-0.4, -0.2) is 50.2 Å². The van der Waals surface area contributed by atoms with Crippen LogP contribution >= 0.6 is 0 Å². The summed E-state index contributed by atoms with van der Waals surface area (Å²) in [6, 6.07) is 7.98. The van der Waals surface area contributed by atoms with E-state index in [0.29, 0.717) is 19.7 Å². The molecule has 25 heavy (non-hydrogen) atoms. The molecule has 1 aromatic rings. The monoisotopic (exact) mass is 347 g/mol. The van der Waals surface area contributed by atoms with E-state index in [4.69, 9.17) is 14.5 Å². The summed E-state index contributed by atoms with van der Waals surface area (Å²) in [5.41, 5.74) is 1.10. The average molecular weight is 347 g/mol. The zero-order valence-corrected chi connectivity index (χ0v) is 15.6. The number of rotatable bonds is 6. The number of methoxy groups -OCH3 is 1. The van der Waals surface area contributed by atoms with Crippen molar-refractivity contribution in [3.63, 3.8) is 0 Å². The zero-order chi connectivity index (χ0) is 18.2. The molecule has 2 unspecified atom stereocenters. The van der Waals surface area contributed by atoms with Gasteiger partial charge in [-0.2, -0.15) is 0 Å². The number of benzene rings is 1. The van der Waals surface area contributed by atoms with Crippen LogP contribution in [0.3, 0.4) is 0 Å². The molecular formula is C19H29N3O3. The predicted molar refractivity (Wildman–Crippen MR) is 98.7 cm³/mol. The second kappa shape index (κ2) is 9.30. The van der Waals surface area contributed by atoms with Crippen LogP contribution < -0.4 is 10.1 Å². The number of nitrogens with one attached hydrogen (secondary N) is 1. The largest absolute Gasteiger partial charge is 0.494 e. The van der Waals surface area contributed by atoms with E-state index < -0.39 is 0 Å². The SMILES string of the molecule is CCNC(=NCc1cccc(OCC)c1)N1CC(C)C(C(=O)OC)C1. The third kappa shape index (κ3) is 5.11. The van der Waals surface area contributed by atoms with Gasteiger partial charge < -0.3 is 19.7 Å². The van der Waals surface area contributed by atoms with Crippen LogP contribution in [0.25, 0.3) is 0 Å². The quantitative estimate of drug-likeness (QED) is 0.486. The lowest BCUT2D eigenvalue weighted by Crippen LogP contribution is -2.40. The Bertz CT molecular complexity index is 603. The molecule has 6 nitrogen and oxygen atoms in total. The molecule has 0 amide bonds. The molecule has 1 fully saturated rings. The number of carbonyl (C=O) groups is 1. The lowest BCUT2D eigenvalue weighted by atomic mass is 9.99. The van der Waals surface area contributed by atoms with Gasteiger partial charge in [-0.15, -0.1) is 0 Å². The molecule has 1 saturated heterocycles. The number of likely N-dealkylation sites (tertiary alicyclic amines) is 1. The molecule has 0 saturated carbocycles. The molecule has 2 atom stereocenters. The summed E-state index contributed by atoms with van der Waals surface area (Å²) in [6.45, 7) is 9.53. The van der Waals surface area contributed by atoms with Crippen molar-refractivity contribution in [1.29, 1.82) is 0 Å². The van der Waals surface area contributed by atoms with Crippen LogP contribution in [0.4, 0.5) is 0 Å². The summed E-state index contributed by atoms with van der Waals surface area (Å²) < 4.78 is 10.5. The van der Waals surface area contributed by atoms with Crippen molar-refractivity contribution in [3.05, 3.63) is 29.8 Å². The molecule has 1 aromatic carbocycles. The Morgan fingerprint density at radius 2 is 2.16 bits per heavy atom. The number of nitrogens with zero attached hydrogens (tertiary/aromatic N) is 2. The molecule has 0 bridgehead atoms. The average Bonchev–Trinajstić information content (AvgIpc) is 3.00. The first-order valence-electron chi connectivity index (χ1n) is 8.91. The lowest BCUT2D eigenvalue weighted by Gasteiger charge is -2.21. The zero-order valence-electron chi connectivity index (χ0n) is 15.6. The number of guanidine groups is 1. The number of ether oxygens (including phenoxy) is 2. The summed E-state index contributed by atoms with van der Waals surface area (Å²) >= 11 is 0. The second-order valence-corrected chi connectivity index (χ2v) is 6.26. The molecule has 6 heteroatoms. The number of esters is 1. The van der Waals surface area contributed by atoms with Crippen LogP contribution in [0.15, 0.2) is 29.3 Å². The maximum Gasteiger partial charge on any atom is 0.310 e. The van der Waals surface area contributed by atoms with Crippen LogP contribution in [0, 0.1) is 11.8 Å². The summed E-state index contributed by atoms with van der Waals surface area (Å²) in [5.74, 6) is 1.70. The Kier molecular flexibility index (Phi) is 7.10. The summed E-state index contributed by atoms with van der Waals surface area (Å²) in [4.78, 5) is 18.8. The molecule has 1 aliphatic heterocycles. The molecule has 0 aromatic heterocycles. The Morgan fingerprint density at radius 3 is 2.84 bits per heavy atom. The molecular weight excluding hydrogens is 318 g/mol. The Morgan fingerprint density at radius 1 is 1.36 bits per heavy atom. The Balaban J connectivity index is 2.08. The Labute approximate surface area is 150 Å². The van der Waals surface area contributed by atoms with E-state index in [0.717, 1.165) is 30.4 Å². The molecule has 0 radical (unpaired) electrons. The first-order chi connectivity index (χ1) is 12.1. The number of aliphatic imine (C=N–C) groups is 1. The molecule has 138 valence electrons. The highest BCUT2D eigenvalue weighted by molar-refractivity contribution is 5.82. The number of hydrogen-bond acceptors (Lipinski definition) is 4. The highest BCUT2D eigenvalue weighted by Crippen LogP contribution is 2.24. The van der Waals surface area contributed by atoms with Gasteiger partial charge in [-0.3, -0.25) is 4.79 Å². The van der Waals surface area contributed by atoms with E-state index in [1.54, 1.807) is 0 Å². The van der Waals surface area contributed by atoms with E-state index in [1.165, 1.54) is 7.11 Å². The standard InChI is InChI=1S/C19H29N3O3/c1-5-20-19(22-12-14(3)17(13-22)18(23)24-4)21-11-15-8-7-9-16(10-15)25-6-2/h7-10,14,17H,5-6,11-13H2,1-4H3,(H,20,21). The van der Waals surface area contributed by atoms with Crippen LogP contribution in [-0.2, 0) is 16.1 Å². The fourth-order valence-corrected chi connectivity index (χ4v) is 3.09. The normalized spacial score (nSPS) is 20.5. The minimum Gasteiger partial charge on any atom is -0.494 e. The van der Waals surface area contributed by atoms with Gasteiger partial charge >= 0.3 is 5.97 Å². The maximum absolute atomic E-state index is 11.9. The van der Waals surface area contributed by atoms with Crippen molar-refractivity contribution in [3.8, 4) is 5.75 Å². The minimum absolute atomic E-state index is 0.102. The van der Waals surface area contributed by atoms with Gasteiger partial charge in [-0.25, -0.2) is 4.99 Å². The van der Waals surface area contributed by atoms with Gasteiger partial charge in [0.05, 0.1) is 26.2 Å². The molecule has 1 aliphatic rings. The van der Waals surface area contributed by atoms with Crippen molar-refractivity contribution in [2.24, 2.45) is 16.8 Å². The predicted octanol–water partition coefficient (Wildman–Crippen LogP) is 2.29. The summed E-state index contributed by atoms with van der Waals surface area (Å²) in [6.07, 6.45) is 0. The van der Waals surface area contributed by atoms with Gasteiger partial charge in [0, 0.05) is 19.6 Å². The molecule has 1 heterocycles. The van der Waals surface area contributed by atoms with Crippen LogP contribution in [0.5, 0.6) is 5.75 Å². The van der Waals surface area contributed by atoms with Crippen molar-refractivity contribution in [1.82, 2.24) is 10.2 Å². The van der Waals surface area contributed by atoms with Crippen molar-refractivity contribution >= 4 is 11.9 Å². The number of carbonyl (C=O) groups excluding carboxylic acids is 1. The van der Waals surface area contributed by atoms with Crippen molar-refractivity contribution < 1.29 is 14.3 Å². The van der Waals surface area contributed by atoms with E-state index in [1.807, 2.05) is 38.1 Å². The van der Waals surface area contributed by atoms with E-state index in [2.05, 4.69) is 17.1 Å². The maximum atomic E-state index is 11.9. The fraction of sp³-hybridized carbons (Fsp3) is 0.579. The topological polar surface area (TPSA) is 63.2 Å². The van der Waals surface area contributed by atoms with Crippen molar-refractivity contribution in [2.45, 2.75) is 27.3 Å².